The van der Waals surface area contributed by atoms with Crippen molar-refractivity contribution in [3.63, 3.8) is 0 Å². The number of aliphatic imine (C=N–C) groups is 1. The second-order valence-corrected chi connectivity index (χ2v) is 7.16. The van der Waals surface area contributed by atoms with Crippen LogP contribution in [0.25, 0.3) is 11.3 Å². The van der Waals surface area contributed by atoms with Gasteiger partial charge in [-0.15, -0.1) is 0 Å². The molecule has 3 heterocycles. The van der Waals surface area contributed by atoms with Gasteiger partial charge in [0, 0.05) is 30.1 Å². The summed E-state index contributed by atoms with van der Waals surface area (Å²) in [5.74, 6) is 1.24. The summed E-state index contributed by atoms with van der Waals surface area (Å²) >= 11 is 0. The third-order valence-corrected chi connectivity index (χ3v) is 5.43. The van der Waals surface area contributed by atoms with Gasteiger partial charge >= 0.3 is 0 Å². The van der Waals surface area contributed by atoms with Gasteiger partial charge in [0.05, 0.1) is 24.0 Å². The molecule has 24 heavy (non-hydrogen) atoms. The number of hydrogen-bond donors (Lipinski definition) is 2. The molecular formula is C18H22N6. The van der Waals surface area contributed by atoms with Crippen LogP contribution < -0.4 is 11.1 Å². The third kappa shape index (κ3) is 2.24. The summed E-state index contributed by atoms with van der Waals surface area (Å²) in [7, 11) is 0. The number of nitrogens with two attached hydrogens (primary N) is 1. The van der Waals surface area contributed by atoms with Crippen molar-refractivity contribution in [2.75, 3.05) is 18.4 Å². The van der Waals surface area contributed by atoms with E-state index in [0.717, 1.165) is 48.6 Å². The Kier molecular flexibility index (Phi) is 3.19. The van der Waals surface area contributed by atoms with Crippen molar-refractivity contribution in [2.24, 2.45) is 16.6 Å². The first-order valence-corrected chi connectivity index (χ1v) is 8.88. The van der Waals surface area contributed by atoms with Crippen LogP contribution in [-0.2, 0) is 0 Å². The average molecular weight is 322 g/mol. The van der Waals surface area contributed by atoms with Crippen LogP contribution in [0.2, 0.25) is 0 Å². The molecule has 0 unspecified atom stereocenters. The van der Waals surface area contributed by atoms with Crippen LogP contribution >= 0.6 is 0 Å². The number of aromatic nitrogens is 3. The minimum Gasteiger partial charge on any atom is -0.378 e. The normalized spacial score (nSPS) is 25.0. The predicted octanol–water partition coefficient (Wildman–Crippen LogP) is 2.86. The molecule has 6 nitrogen and oxygen atoms in total. The molecule has 3 aliphatic rings. The zero-order valence-electron chi connectivity index (χ0n) is 13.7. The van der Waals surface area contributed by atoms with Crippen molar-refractivity contribution >= 4 is 17.6 Å². The van der Waals surface area contributed by atoms with Gasteiger partial charge < -0.3 is 11.1 Å². The third-order valence-electron chi connectivity index (χ3n) is 5.43. The Morgan fingerprint density at radius 1 is 1.29 bits per heavy atom. The van der Waals surface area contributed by atoms with Crippen LogP contribution in [0.15, 0.2) is 23.5 Å². The van der Waals surface area contributed by atoms with Crippen LogP contribution in [0.1, 0.15) is 43.3 Å². The van der Waals surface area contributed by atoms with Crippen molar-refractivity contribution in [1.29, 1.82) is 0 Å². The summed E-state index contributed by atoms with van der Waals surface area (Å²) < 4.78 is 2.16. The van der Waals surface area contributed by atoms with Gasteiger partial charge in [0.2, 0.25) is 0 Å². The molecule has 3 N–H and O–H groups in total. The molecule has 0 bridgehead atoms. The van der Waals surface area contributed by atoms with E-state index in [1.165, 1.54) is 18.5 Å². The van der Waals surface area contributed by atoms with Gasteiger partial charge in [0.25, 0.3) is 0 Å². The zero-order chi connectivity index (χ0) is 16.1. The lowest BCUT2D eigenvalue weighted by Crippen LogP contribution is -2.32. The SMILES string of the molecule is NCC1CC(n2cc(-c3nccc4c3N=CCN4)c(C3CC3)n2)C1. The topological polar surface area (TPSA) is 81.1 Å². The van der Waals surface area contributed by atoms with Gasteiger partial charge in [-0.2, -0.15) is 5.10 Å². The molecule has 0 aromatic carbocycles. The number of nitrogens with zero attached hydrogens (tertiary/aromatic N) is 4. The first-order chi connectivity index (χ1) is 11.8. The van der Waals surface area contributed by atoms with Crippen molar-refractivity contribution < 1.29 is 0 Å². The molecule has 0 saturated heterocycles. The summed E-state index contributed by atoms with van der Waals surface area (Å²) in [4.78, 5) is 9.25. The van der Waals surface area contributed by atoms with Crippen LogP contribution in [0.4, 0.5) is 11.4 Å². The molecule has 2 aromatic heterocycles. The largest absolute Gasteiger partial charge is 0.378 e. The highest BCUT2D eigenvalue weighted by Crippen LogP contribution is 2.47. The van der Waals surface area contributed by atoms with E-state index in [4.69, 9.17) is 10.8 Å². The van der Waals surface area contributed by atoms with Gasteiger partial charge in [-0.3, -0.25) is 14.7 Å². The molecule has 0 spiro atoms. The molecule has 124 valence electrons. The van der Waals surface area contributed by atoms with Gasteiger partial charge in [-0.05, 0) is 44.2 Å². The molecule has 1 aliphatic heterocycles. The molecule has 2 aliphatic carbocycles. The molecule has 0 radical (unpaired) electrons. The lowest BCUT2D eigenvalue weighted by molar-refractivity contribution is 0.189. The highest BCUT2D eigenvalue weighted by atomic mass is 15.3. The molecule has 2 fully saturated rings. The Hall–Kier alpha value is -2.21. The monoisotopic (exact) mass is 322 g/mol. The number of fused-ring (bicyclic) bond motifs is 1. The Balaban J connectivity index is 1.56. The summed E-state index contributed by atoms with van der Waals surface area (Å²) in [5.41, 5.74) is 11.1. The highest BCUT2D eigenvalue weighted by molar-refractivity contribution is 5.89. The standard InChI is InChI=1S/C18H22N6/c19-9-11-7-13(8-11)24-10-14(16(23-24)12-1-2-12)17-18-15(3-4-21-17)20-5-6-22-18/h3-4,6,10-13,20H,1-2,5,7-9,19H2. The fourth-order valence-electron chi connectivity index (χ4n) is 3.76. The first kappa shape index (κ1) is 14.2. The van der Waals surface area contributed by atoms with E-state index in [1.807, 2.05) is 18.5 Å². The van der Waals surface area contributed by atoms with E-state index in [1.54, 1.807) is 0 Å². The Morgan fingerprint density at radius 3 is 2.96 bits per heavy atom. The van der Waals surface area contributed by atoms with Gasteiger partial charge in [0.15, 0.2) is 0 Å². The second kappa shape index (κ2) is 5.41. The van der Waals surface area contributed by atoms with E-state index in [2.05, 4.69) is 26.2 Å². The predicted molar refractivity (Wildman–Crippen MR) is 94.9 cm³/mol. The average Bonchev–Trinajstić information content (AvgIpc) is 3.34. The number of hydrogen-bond acceptors (Lipinski definition) is 5. The van der Waals surface area contributed by atoms with Crippen LogP contribution in [-0.4, -0.2) is 34.1 Å². The van der Waals surface area contributed by atoms with E-state index < -0.39 is 0 Å². The molecule has 5 rings (SSSR count). The van der Waals surface area contributed by atoms with Crippen molar-refractivity contribution in [3.05, 3.63) is 24.2 Å². The Labute approximate surface area is 141 Å². The molecule has 6 heteroatoms. The second-order valence-electron chi connectivity index (χ2n) is 7.16. The van der Waals surface area contributed by atoms with Gasteiger partial charge in [0.1, 0.15) is 11.4 Å². The molecule has 0 atom stereocenters. The molecule has 0 amide bonds. The minimum absolute atomic E-state index is 0.492. The van der Waals surface area contributed by atoms with Crippen LogP contribution in [0, 0.1) is 5.92 Å². The Morgan fingerprint density at radius 2 is 2.17 bits per heavy atom. The van der Waals surface area contributed by atoms with Crippen molar-refractivity contribution in [1.82, 2.24) is 14.8 Å². The lowest BCUT2D eigenvalue weighted by Gasteiger charge is -2.34. The number of nitrogens with one attached hydrogen (secondary N) is 1. The fraction of sp³-hybridized carbons (Fsp3) is 0.500. The van der Waals surface area contributed by atoms with E-state index >= 15 is 0 Å². The molecular weight excluding hydrogens is 300 g/mol. The minimum atomic E-state index is 0.492. The zero-order valence-corrected chi connectivity index (χ0v) is 13.7. The maximum Gasteiger partial charge on any atom is 0.112 e. The highest BCUT2D eigenvalue weighted by Gasteiger charge is 2.35. The van der Waals surface area contributed by atoms with E-state index in [0.29, 0.717) is 17.9 Å². The Bertz CT molecular complexity index is 798. The lowest BCUT2D eigenvalue weighted by atomic mass is 9.80. The van der Waals surface area contributed by atoms with Crippen LogP contribution in [0.3, 0.4) is 0 Å². The molecule has 2 saturated carbocycles. The smallest absolute Gasteiger partial charge is 0.112 e. The summed E-state index contributed by atoms with van der Waals surface area (Å²) in [6.45, 7) is 1.56. The number of anilines is 1. The van der Waals surface area contributed by atoms with Crippen LogP contribution in [0.5, 0.6) is 0 Å². The van der Waals surface area contributed by atoms with E-state index in [9.17, 15) is 0 Å². The number of pyridine rings is 1. The summed E-state index contributed by atoms with van der Waals surface area (Å²) in [6, 6.07) is 2.49. The summed E-state index contributed by atoms with van der Waals surface area (Å²) in [5, 5.41) is 8.32. The maximum absolute atomic E-state index is 5.77. The van der Waals surface area contributed by atoms with E-state index in [-0.39, 0.29) is 0 Å². The van der Waals surface area contributed by atoms with Crippen molar-refractivity contribution in [2.45, 2.75) is 37.6 Å². The quantitative estimate of drug-likeness (QED) is 0.907. The summed E-state index contributed by atoms with van der Waals surface area (Å²) in [6.07, 6.45) is 10.7. The maximum atomic E-state index is 5.77. The van der Waals surface area contributed by atoms with Gasteiger partial charge in [-0.25, -0.2) is 0 Å². The van der Waals surface area contributed by atoms with Crippen molar-refractivity contribution in [3.8, 4) is 11.3 Å². The van der Waals surface area contributed by atoms with Gasteiger partial charge in [-0.1, -0.05) is 0 Å². The first-order valence-electron chi connectivity index (χ1n) is 8.88. The molecule has 2 aromatic rings. The number of rotatable bonds is 4. The fourth-order valence-corrected chi connectivity index (χ4v) is 3.76.